The summed E-state index contributed by atoms with van der Waals surface area (Å²) in [4.78, 5) is 14.5. The number of para-hydroxylation sites is 1. The Hall–Kier alpha value is -1.56. The van der Waals surface area contributed by atoms with Crippen LogP contribution in [0, 0.1) is 13.8 Å². The molecule has 134 valence electrons. The number of rotatable bonds is 5. The van der Waals surface area contributed by atoms with Crippen LogP contribution >= 0.6 is 0 Å². The van der Waals surface area contributed by atoms with Crippen molar-refractivity contribution < 1.29 is 13.2 Å². The maximum absolute atomic E-state index is 12.7. The van der Waals surface area contributed by atoms with Crippen molar-refractivity contribution in [2.45, 2.75) is 52.0 Å². The molecule has 0 radical (unpaired) electrons. The van der Waals surface area contributed by atoms with Crippen molar-refractivity contribution in [3.63, 3.8) is 0 Å². The molecule has 0 bridgehead atoms. The maximum atomic E-state index is 12.7. The standard InChI is InChI=1S/C18H28N2O3S/c1-14-9-8-10-15(2)18(14)20(24(4,22)23)13-17(21)19(3)16-11-6-5-7-12-16/h8-10,16H,5-7,11-13H2,1-4H3. The highest BCUT2D eigenvalue weighted by atomic mass is 32.2. The van der Waals surface area contributed by atoms with Crippen molar-refractivity contribution >= 4 is 21.6 Å². The van der Waals surface area contributed by atoms with E-state index in [9.17, 15) is 13.2 Å². The molecule has 0 N–H and O–H groups in total. The van der Waals surface area contributed by atoms with Gasteiger partial charge in [-0.05, 0) is 37.8 Å². The molecule has 1 aliphatic carbocycles. The predicted molar refractivity (Wildman–Crippen MR) is 97.7 cm³/mol. The summed E-state index contributed by atoms with van der Waals surface area (Å²) in [7, 11) is -1.74. The first kappa shape index (κ1) is 18.8. The number of hydrogen-bond donors (Lipinski definition) is 0. The number of amides is 1. The Labute approximate surface area is 145 Å². The molecule has 0 saturated heterocycles. The highest BCUT2D eigenvalue weighted by Crippen LogP contribution is 2.27. The van der Waals surface area contributed by atoms with Crippen LogP contribution in [0.1, 0.15) is 43.2 Å². The lowest BCUT2D eigenvalue weighted by Gasteiger charge is -2.33. The lowest BCUT2D eigenvalue weighted by atomic mass is 9.94. The quantitative estimate of drug-likeness (QED) is 0.819. The molecule has 1 amide bonds. The SMILES string of the molecule is Cc1cccc(C)c1N(CC(=O)N(C)C1CCCCC1)S(C)(=O)=O. The molecule has 0 unspecified atom stereocenters. The van der Waals surface area contributed by atoms with Gasteiger partial charge in [-0.1, -0.05) is 37.5 Å². The second kappa shape index (κ2) is 7.55. The van der Waals surface area contributed by atoms with Gasteiger partial charge in [0.05, 0.1) is 11.9 Å². The van der Waals surface area contributed by atoms with Crippen molar-refractivity contribution in [3.05, 3.63) is 29.3 Å². The molecule has 1 aromatic rings. The van der Waals surface area contributed by atoms with E-state index in [1.165, 1.54) is 10.7 Å². The van der Waals surface area contributed by atoms with Gasteiger partial charge in [-0.25, -0.2) is 8.42 Å². The minimum Gasteiger partial charge on any atom is -0.341 e. The highest BCUT2D eigenvalue weighted by Gasteiger charge is 2.28. The summed E-state index contributed by atoms with van der Waals surface area (Å²) in [6.07, 6.45) is 6.65. The van der Waals surface area contributed by atoms with E-state index in [-0.39, 0.29) is 18.5 Å². The van der Waals surface area contributed by atoms with Crippen LogP contribution in [0.4, 0.5) is 5.69 Å². The average molecular weight is 353 g/mol. The zero-order valence-electron chi connectivity index (χ0n) is 15.1. The molecule has 0 atom stereocenters. The fourth-order valence-corrected chi connectivity index (χ4v) is 4.43. The summed E-state index contributed by atoms with van der Waals surface area (Å²) in [5.74, 6) is -0.144. The van der Waals surface area contributed by atoms with Gasteiger partial charge in [0.25, 0.3) is 0 Å². The molecule has 1 fully saturated rings. The Kier molecular flexibility index (Phi) is 5.91. The number of anilines is 1. The van der Waals surface area contributed by atoms with Crippen LogP contribution in [0.2, 0.25) is 0 Å². The van der Waals surface area contributed by atoms with Crippen LogP contribution in [0.3, 0.4) is 0 Å². The molecular weight excluding hydrogens is 324 g/mol. The lowest BCUT2D eigenvalue weighted by Crippen LogP contribution is -2.46. The van der Waals surface area contributed by atoms with Gasteiger partial charge in [-0.2, -0.15) is 0 Å². The Morgan fingerprint density at radius 2 is 1.67 bits per heavy atom. The number of nitrogens with zero attached hydrogens (tertiary/aromatic N) is 2. The molecule has 1 aromatic carbocycles. The average Bonchev–Trinajstić information content (AvgIpc) is 2.52. The number of carbonyl (C=O) groups is 1. The van der Waals surface area contributed by atoms with Gasteiger partial charge >= 0.3 is 0 Å². The van der Waals surface area contributed by atoms with Gasteiger partial charge in [0.2, 0.25) is 15.9 Å². The smallest absolute Gasteiger partial charge is 0.243 e. The molecule has 0 spiro atoms. The van der Waals surface area contributed by atoms with Crippen molar-refractivity contribution in [1.82, 2.24) is 4.90 Å². The van der Waals surface area contributed by atoms with Crippen molar-refractivity contribution in [1.29, 1.82) is 0 Å². The normalized spacial score (nSPS) is 16.0. The van der Waals surface area contributed by atoms with Gasteiger partial charge in [-0.3, -0.25) is 9.10 Å². The van der Waals surface area contributed by atoms with E-state index < -0.39 is 10.0 Å². The maximum Gasteiger partial charge on any atom is 0.243 e. The fraction of sp³-hybridized carbons (Fsp3) is 0.611. The van der Waals surface area contributed by atoms with E-state index in [0.29, 0.717) is 5.69 Å². The second-order valence-electron chi connectivity index (χ2n) is 6.81. The first-order valence-electron chi connectivity index (χ1n) is 8.51. The zero-order chi connectivity index (χ0) is 17.9. The van der Waals surface area contributed by atoms with E-state index in [2.05, 4.69) is 0 Å². The third-order valence-electron chi connectivity index (χ3n) is 4.88. The molecular formula is C18H28N2O3S. The highest BCUT2D eigenvalue weighted by molar-refractivity contribution is 7.92. The van der Waals surface area contributed by atoms with Crippen LogP contribution in [0.5, 0.6) is 0 Å². The summed E-state index contributed by atoms with van der Waals surface area (Å²) in [6.45, 7) is 3.60. The van der Waals surface area contributed by atoms with E-state index in [0.717, 1.165) is 43.1 Å². The Bertz CT molecular complexity index is 674. The van der Waals surface area contributed by atoms with Gasteiger partial charge in [0.1, 0.15) is 6.54 Å². The Morgan fingerprint density at radius 1 is 1.12 bits per heavy atom. The molecule has 6 heteroatoms. The summed E-state index contributed by atoms with van der Waals surface area (Å²) in [5, 5.41) is 0. The number of likely N-dealkylation sites (N-methyl/N-ethyl adjacent to an activating group) is 1. The van der Waals surface area contributed by atoms with Crippen LogP contribution in [0.25, 0.3) is 0 Å². The Balaban J connectivity index is 2.25. The van der Waals surface area contributed by atoms with E-state index in [1.807, 2.05) is 32.0 Å². The lowest BCUT2D eigenvalue weighted by molar-refractivity contribution is -0.130. The van der Waals surface area contributed by atoms with Crippen LogP contribution in [-0.2, 0) is 14.8 Å². The molecule has 1 aliphatic rings. The van der Waals surface area contributed by atoms with Gasteiger partial charge in [-0.15, -0.1) is 0 Å². The number of sulfonamides is 1. The number of benzene rings is 1. The van der Waals surface area contributed by atoms with Gasteiger partial charge in [0.15, 0.2) is 0 Å². The number of carbonyl (C=O) groups excluding carboxylic acids is 1. The Morgan fingerprint density at radius 3 is 2.17 bits per heavy atom. The van der Waals surface area contributed by atoms with E-state index in [4.69, 9.17) is 0 Å². The molecule has 2 rings (SSSR count). The van der Waals surface area contributed by atoms with E-state index >= 15 is 0 Å². The monoisotopic (exact) mass is 352 g/mol. The molecule has 5 nitrogen and oxygen atoms in total. The molecule has 1 saturated carbocycles. The zero-order valence-corrected chi connectivity index (χ0v) is 15.9. The minimum atomic E-state index is -3.54. The van der Waals surface area contributed by atoms with Crippen LogP contribution < -0.4 is 4.31 Å². The van der Waals surface area contributed by atoms with Crippen molar-refractivity contribution in [2.24, 2.45) is 0 Å². The predicted octanol–water partition coefficient (Wildman–Crippen LogP) is 2.86. The van der Waals surface area contributed by atoms with E-state index in [1.54, 1.807) is 11.9 Å². The molecule has 0 aromatic heterocycles. The third-order valence-corrected chi connectivity index (χ3v) is 6.00. The first-order valence-corrected chi connectivity index (χ1v) is 10.4. The number of aryl methyl sites for hydroxylation is 2. The summed E-state index contributed by atoms with van der Waals surface area (Å²) >= 11 is 0. The van der Waals surface area contributed by atoms with Crippen LogP contribution in [0.15, 0.2) is 18.2 Å². The first-order chi connectivity index (χ1) is 11.2. The van der Waals surface area contributed by atoms with Gasteiger partial charge in [0, 0.05) is 13.1 Å². The molecule has 0 heterocycles. The fourth-order valence-electron chi connectivity index (χ4n) is 3.47. The second-order valence-corrected chi connectivity index (χ2v) is 8.71. The van der Waals surface area contributed by atoms with Crippen molar-refractivity contribution in [3.8, 4) is 0 Å². The van der Waals surface area contributed by atoms with Crippen molar-refractivity contribution in [2.75, 3.05) is 24.2 Å². The summed E-state index contributed by atoms with van der Waals surface area (Å²) in [6, 6.07) is 5.86. The minimum absolute atomic E-state index is 0.141. The topological polar surface area (TPSA) is 57.7 Å². The van der Waals surface area contributed by atoms with Crippen LogP contribution in [-0.4, -0.2) is 45.1 Å². The summed E-state index contributed by atoms with van der Waals surface area (Å²) in [5.41, 5.74) is 2.33. The summed E-state index contributed by atoms with van der Waals surface area (Å²) < 4.78 is 25.9. The largest absolute Gasteiger partial charge is 0.341 e. The third kappa shape index (κ3) is 4.29. The molecule has 0 aliphatic heterocycles. The van der Waals surface area contributed by atoms with Gasteiger partial charge < -0.3 is 4.90 Å². The molecule has 24 heavy (non-hydrogen) atoms. The number of hydrogen-bond acceptors (Lipinski definition) is 3.